The highest BCUT2D eigenvalue weighted by molar-refractivity contribution is 5.95. The van der Waals surface area contributed by atoms with Crippen molar-refractivity contribution in [2.45, 2.75) is 74.8 Å². The van der Waals surface area contributed by atoms with E-state index in [1.54, 1.807) is 17.0 Å². The van der Waals surface area contributed by atoms with E-state index in [0.29, 0.717) is 56.4 Å². The lowest BCUT2D eigenvalue weighted by atomic mass is 9.70. The van der Waals surface area contributed by atoms with Crippen molar-refractivity contribution in [3.63, 3.8) is 0 Å². The van der Waals surface area contributed by atoms with Crippen molar-refractivity contribution < 1.29 is 23.5 Å². The lowest BCUT2D eigenvalue weighted by Crippen LogP contribution is -2.75. The van der Waals surface area contributed by atoms with Crippen LogP contribution in [0.1, 0.15) is 37.7 Å². The third kappa shape index (κ3) is 5.17. The number of Topliss-reactive ketones (excluding diaryl/α,β-unsaturated/α-hetero) is 1. The zero-order chi connectivity index (χ0) is 28.7. The summed E-state index contributed by atoms with van der Waals surface area (Å²) in [6.45, 7) is 6.74. The van der Waals surface area contributed by atoms with Crippen LogP contribution >= 0.6 is 0 Å². The smallest absolute Gasteiger partial charge is 0.246 e. The van der Waals surface area contributed by atoms with E-state index in [0.717, 1.165) is 19.4 Å². The Kier molecular flexibility index (Phi) is 7.87. The van der Waals surface area contributed by atoms with Gasteiger partial charge in [-0.1, -0.05) is 12.6 Å². The Balaban J connectivity index is 1.24. The predicted octanol–water partition coefficient (Wildman–Crippen LogP) is 1.37. The van der Waals surface area contributed by atoms with Gasteiger partial charge in [0.2, 0.25) is 5.91 Å². The molecule has 4 aliphatic heterocycles. The minimum absolute atomic E-state index is 0.0727. The van der Waals surface area contributed by atoms with Crippen molar-refractivity contribution in [1.82, 2.24) is 25.3 Å². The standard InChI is InChI=1S/C30H39FN6O4/c1-3-25(38)37-15-14-36(17-19(37)10-12-32)28-21-9-11-30(16-22-23(31)7-4-8-24(22)41-30)27(39)26(21)33-29(34-28)40-18-20-6-5-13-35(20)2/h3-4,7-8,19-21,26,28-29,33-34H,1,5-6,9-11,13-18H2,2H3/t19?,20?,21?,26?,28?,29?,30-/m0/s1. The molecule has 11 heteroatoms. The zero-order valence-corrected chi connectivity index (χ0v) is 23.6. The van der Waals surface area contributed by atoms with Crippen LogP contribution in [0, 0.1) is 23.1 Å². The number of ether oxygens (including phenoxy) is 2. The Morgan fingerprint density at radius 3 is 2.88 bits per heavy atom. The van der Waals surface area contributed by atoms with E-state index in [9.17, 15) is 19.2 Å². The first-order valence-electron chi connectivity index (χ1n) is 14.7. The SMILES string of the molecule is C=CC(=O)N1CCN(C2NC(OCC3CCCN3C)NC3C(=O)[C@]4(CCC32)Cc2c(F)cccc2O4)CC1CC#N. The fourth-order valence-corrected chi connectivity index (χ4v) is 7.50. The molecule has 3 saturated heterocycles. The molecule has 41 heavy (non-hydrogen) atoms. The Morgan fingerprint density at radius 2 is 2.15 bits per heavy atom. The lowest BCUT2D eigenvalue weighted by Gasteiger charge is -2.53. The lowest BCUT2D eigenvalue weighted by molar-refractivity contribution is -0.157. The van der Waals surface area contributed by atoms with Gasteiger partial charge in [-0.2, -0.15) is 5.26 Å². The number of hydrogen-bond acceptors (Lipinski definition) is 9. The largest absolute Gasteiger partial charge is 0.479 e. The molecule has 1 aromatic carbocycles. The Hall–Kier alpha value is -2.88. The predicted molar refractivity (Wildman–Crippen MR) is 148 cm³/mol. The number of likely N-dealkylation sites (N-methyl/N-ethyl adjacent to an activating group) is 1. The number of benzene rings is 1. The van der Waals surface area contributed by atoms with E-state index >= 15 is 0 Å². The number of likely N-dealkylation sites (tertiary alicyclic amines) is 1. The van der Waals surface area contributed by atoms with Crippen LogP contribution in [0.25, 0.3) is 0 Å². The summed E-state index contributed by atoms with van der Waals surface area (Å²) in [5.41, 5.74) is -0.640. The molecule has 1 aromatic rings. The summed E-state index contributed by atoms with van der Waals surface area (Å²) >= 11 is 0. The minimum atomic E-state index is -1.10. The van der Waals surface area contributed by atoms with E-state index in [2.05, 4.69) is 40.1 Å². The molecule has 5 aliphatic rings. The van der Waals surface area contributed by atoms with Crippen molar-refractivity contribution in [3.8, 4) is 11.8 Å². The molecule has 7 atom stereocenters. The maximum Gasteiger partial charge on any atom is 0.246 e. The van der Waals surface area contributed by atoms with Gasteiger partial charge < -0.3 is 19.3 Å². The summed E-state index contributed by atoms with van der Waals surface area (Å²) in [5, 5.41) is 16.6. The fraction of sp³-hybridized carbons (Fsp3) is 0.633. The summed E-state index contributed by atoms with van der Waals surface area (Å²) in [5.74, 6) is -0.243. The van der Waals surface area contributed by atoms with Crippen molar-refractivity contribution in [1.29, 1.82) is 5.26 Å². The van der Waals surface area contributed by atoms with Crippen molar-refractivity contribution in [2.24, 2.45) is 5.92 Å². The average molecular weight is 567 g/mol. The van der Waals surface area contributed by atoms with Crippen LogP contribution in [-0.2, 0) is 20.7 Å². The number of halogens is 1. The van der Waals surface area contributed by atoms with Gasteiger partial charge in [0.1, 0.15) is 11.6 Å². The number of carbonyl (C=O) groups excluding carboxylic acids is 2. The maximum atomic E-state index is 14.6. The van der Waals surface area contributed by atoms with Crippen LogP contribution in [0.5, 0.6) is 5.75 Å². The number of nitrogens with zero attached hydrogens (tertiary/aromatic N) is 4. The molecule has 6 rings (SSSR count). The Morgan fingerprint density at radius 1 is 1.29 bits per heavy atom. The van der Waals surface area contributed by atoms with Crippen molar-refractivity contribution in [3.05, 3.63) is 42.2 Å². The first-order valence-corrected chi connectivity index (χ1v) is 14.7. The number of carbonyl (C=O) groups is 2. The normalized spacial score (nSPS) is 35.5. The van der Waals surface area contributed by atoms with Gasteiger partial charge in [0, 0.05) is 43.6 Å². The van der Waals surface area contributed by atoms with Crippen LogP contribution in [0.4, 0.5) is 4.39 Å². The number of piperazine rings is 1. The summed E-state index contributed by atoms with van der Waals surface area (Å²) in [4.78, 5) is 33.0. The number of nitrogens with one attached hydrogen (secondary N) is 2. The monoisotopic (exact) mass is 566 g/mol. The number of rotatable bonds is 6. The van der Waals surface area contributed by atoms with Crippen LogP contribution in [0.15, 0.2) is 30.9 Å². The fourth-order valence-electron chi connectivity index (χ4n) is 7.50. The molecule has 0 bridgehead atoms. The number of fused-ring (bicyclic) bond motifs is 2. The summed E-state index contributed by atoms with van der Waals surface area (Å²) < 4.78 is 27.3. The number of nitriles is 1. The third-order valence-corrected chi connectivity index (χ3v) is 9.76. The summed E-state index contributed by atoms with van der Waals surface area (Å²) in [7, 11) is 2.10. The molecule has 0 aromatic heterocycles. The second-order valence-electron chi connectivity index (χ2n) is 12.0. The zero-order valence-electron chi connectivity index (χ0n) is 23.6. The Labute approximate surface area is 240 Å². The first-order chi connectivity index (χ1) is 19.8. The van der Waals surface area contributed by atoms with Crippen LogP contribution < -0.4 is 15.4 Å². The summed E-state index contributed by atoms with van der Waals surface area (Å²) in [6, 6.07) is 6.46. The van der Waals surface area contributed by atoms with E-state index in [1.165, 1.54) is 12.1 Å². The molecule has 2 N–H and O–H groups in total. The maximum absolute atomic E-state index is 14.6. The molecule has 220 valence electrons. The van der Waals surface area contributed by atoms with Gasteiger partial charge in [0.05, 0.1) is 37.3 Å². The molecular weight excluding hydrogens is 527 g/mol. The highest BCUT2D eigenvalue weighted by atomic mass is 19.1. The topological polar surface area (TPSA) is 110 Å². The summed E-state index contributed by atoms with van der Waals surface area (Å²) in [6.07, 6.45) is 4.31. The second-order valence-corrected chi connectivity index (χ2v) is 12.0. The highest BCUT2D eigenvalue weighted by Crippen LogP contribution is 2.45. The number of ketones is 1. The molecule has 1 amide bonds. The van der Waals surface area contributed by atoms with E-state index in [1.807, 2.05) is 0 Å². The molecule has 1 aliphatic carbocycles. The van der Waals surface area contributed by atoms with E-state index in [4.69, 9.17) is 9.47 Å². The van der Waals surface area contributed by atoms with Gasteiger partial charge >= 0.3 is 0 Å². The molecular formula is C30H39FN6O4. The number of hydrogen-bond donors (Lipinski definition) is 2. The van der Waals surface area contributed by atoms with Crippen LogP contribution in [-0.4, -0.2) is 102 Å². The molecule has 1 spiro atoms. The minimum Gasteiger partial charge on any atom is -0.479 e. The van der Waals surface area contributed by atoms with Crippen molar-refractivity contribution in [2.75, 3.05) is 39.8 Å². The molecule has 4 fully saturated rings. The van der Waals surface area contributed by atoms with Crippen LogP contribution in [0.2, 0.25) is 0 Å². The van der Waals surface area contributed by atoms with Gasteiger partial charge in [-0.15, -0.1) is 0 Å². The van der Waals surface area contributed by atoms with E-state index in [-0.39, 0.29) is 48.5 Å². The molecule has 6 unspecified atom stereocenters. The van der Waals surface area contributed by atoms with Gasteiger partial charge in [-0.3, -0.25) is 25.1 Å². The third-order valence-electron chi connectivity index (χ3n) is 9.76. The molecule has 0 radical (unpaired) electrons. The first kappa shape index (κ1) is 28.2. The van der Waals surface area contributed by atoms with Crippen LogP contribution in [0.3, 0.4) is 0 Å². The molecule has 4 heterocycles. The second kappa shape index (κ2) is 11.4. The quantitative estimate of drug-likeness (QED) is 0.494. The number of amides is 1. The highest BCUT2D eigenvalue weighted by Gasteiger charge is 2.58. The van der Waals surface area contributed by atoms with Crippen molar-refractivity contribution >= 4 is 11.7 Å². The van der Waals surface area contributed by atoms with Gasteiger partial charge in [-0.05, 0) is 57.5 Å². The van der Waals surface area contributed by atoms with Gasteiger partial charge in [0.15, 0.2) is 17.7 Å². The Bertz CT molecular complexity index is 1240. The van der Waals surface area contributed by atoms with Gasteiger partial charge in [0.25, 0.3) is 0 Å². The van der Waals surface area contributed by atoms with Gasteiger partial charge in [-0.25, -0.2) is 4.39 Å². The molecule has 10 nitrogen and oxygen atoms in total. The molecule has 1 saturated carbocycles. The van der Waals surface area contributed by atoms with E-state index < -0.39 is 18.0 Å². The average Bonchev–Trinajstić information content (AvgIpc) is 3.57.